The second-order valence-electron chi connectivity index (χ2n) is 7.53. The predicted octanol–water partition coefficient (Wildman–Crippen LogP) is 2.61. The number of aromatic nitrogens is 2. The van der Waals surface area contributed by atoms with E-state index in [1.165, 1.54) is 4.57 Å². The standard InChI is InChI=1S/C19H21N3O5S/c1-11-6-14(10-21(2)18(11)23)13-7-15(20-28(3,25)26)17-16(8-13)22(19(24)27-17)9-12-4-5-12/h6-8,10,12H,4-5,9H2,1-3H3,(H-,20,25,26)/p+1. The molecule has 0 aliphatic heterocycles. The second kappa shape index (κ2) is 6.46. The Bertz CT molecular complexity index is 1220. The van der Waals surface area contributed by atoms with Crippen molar-refractivity contribution in [1.82, 2.24) is 9.13 Å². The van der Waals surface area contributed by atoms with E-state index in [0.29, 0.717) is 29.1 Å². The molecular formula is C19H22N3O5S+. The highest BCUT2D eigenvalue weighted by atomic mass is 32.3. The molecule has 0 radical (unpaired) electrons. The third-order valence-corrected chi connectivity index (χ3v) is 5.50. The smallest absolute Gasteiger partial charge is 0.405 e. The lowest BCUT2D eigenvalue weighted by Crippen LogP contribution is -2.19. The van der Waals surface area contributed by atoms with E-state index in [4.69, 9.17) is 4.42 Å². The molecule has 0 saturated heterocycles. The van der Waals surface area contributed by atoms with Crippen molar-refractivity contribution < 1.29 is 13.2 Å². The van der Waals surface area contributed by atoms with Crippen LogP contribution in [0.4, 0.5) is 5.69 Å². The molecule has 2 aromatic heterocycles. The maximum absolute atomic E-state index is 12.4. The topological polar surface area (TPSA) is 106 Å². The first-order chi connectivity index (χ1) is 13.1. The van der Waals surface area contributed by atoms with Crippen LogP contribution in [0.1, 0.15) is 18.4 Å². The molecule has 1 fully saturated rings. The lowest BCUT2D eigenvalue weighted by molar-refractivity contribution is 0.491. The number of benzene rings is 1. The highest BCUT2D eigenvalue weighted by Gasteiger charge is 2.27. The number of oxazole rings is 1. The van der Waals surface area contributed by atoms with Crippen LogP contribution in [0.2, 0.25) is 0 Å². The molecule has 9 heteroatoms. The maximum atomic E-state index is 12.4. The van der Waals surface area contributed by atoms with Crippen LogP contribution >= 0.6 is 0 Å². The average molecular weight is 404 g/mol. The number of rotatable bonds is 5. The summed E-state index contributed by atoms with van der Waals surface area (Å²) in [5, 5.41) is 0. The van der Waals surface area contributed by atoms with Crippen LogP contribution in [-0.2, 0) is 28.2 Å². The minimum atomic E-state index is -3.33. The number of nitrogens with zero attached hydrogens (tertiary/aromatic N) is 2. The van der Waals surface area contributed by atoms with Crippen LogP contribution in [0.25, 0.3) is 22.2 Å². The van der Waals surface area contributed by atoms with Gasteiger partial charge in [0, 0.05) is 25.4 Å². The first-order valence-electron chi connectivity index (χ1n) is 8.97. The second-order valence-corrected chi connectivity index (χ2v) is 9.34. The van der Waals surface area contributed by atoms with Gasteiger partial charge in [0.05, 0.1) is 5.52 Å². The van der Waals surface area contributed by atoms with Gasteiger partial charge >= 0.3 is 16.2 Å². The van der Waals surface area contributed by atoms with Gasteiger partial charge < -0.3 is 8.98 Å². The Labute approximate surface area is 162 Å². The molecule has 28 heavy (non-hydrogen) atoms. The molecule has 2 heterocycles. The lowest BCUT2D eigenvalue weighted by atomic mass is 10.0. The Morgan fingerprint density at radius 3 is 2.57 bits per heavy atom. The summed E-state index contributed by atoms with van der Waals surface area (Å²) in [5.74, 6) is -0.0362. The van der Waals surface area contributed by atoms with Gasteiger partial charge in [0.1, 0.15) is 5.69 Å². The lowest BCUT2D eigenvalue weighted by Gasteiger charge is -2.10. The number of anilines is 1. The fourth-order valence-corrected chi connectivity index (χ4v) is 3.94. The molecule has 1 aliphatic carbocycles. The molecule has 1 atom stereocenters. The van der Waals surface area contributed by atoms with Crippen molar-refractivity contribution in [1.29, 1.82) is 0 Å². The van der Waals surface area contributed by atoms with Crippen molar-refractivity contribution in [3.05, 3.63) is 50.9 Å². The Hall–Kier alpha value is -2.65. The molecule has 1 unspecified atom stereocenters. The van der Waals surface area contributed by atoms with Crippen molar-refractivity contribution in [2.24, 2.45) is 13.0 Å². The molecule has 148 valence electrons. The van der Waals surface area contributed by atoms with Crippen LogP contribution < -0.4 is 16.0 Å². The van der Waals surface area contributed by atoms with Crippen LogP contribution in [0, 0.1) is 12.8 Å². The van der Waals surface area contributed by atoms with Crippen molar-refractivity contribution >= 4 is 27.2 Å². The molecule has 4 rings (SSSR count). The summed E-state index contributed by atoms with van der Waals surface area (Å²) in [5.41, 5.74) is 3.04. The molecule has 2 N–H and O–H groups in total. The van der Waals surface area contributed by atoms with Crippen molar-refractivity contribution in [3.8, 4) is 11.1 Å². The van der Waals surface area contributed by atoms with E-state index in [1.54, 1.807) is 36.9 Å². The summed E-state index contributed by atoms with van der Waals surface area (Å²) in [6.45, 7) is 2.29. The number of fused-ring (bicyclic) bond motifs is 1. The van der Waals surface area contributed by atoms with E-state index in [0.717, 1.165) is 24.7 Å². The highest BCUT2D eigenvalue weighted by Crippen LogP contribution is 2.35. The van der Waals surface area contributed by atoms with E-state index in [2.05, 4.69) is 4.72 Å². The Morgan fingerprint density at radius 1 is 1.25 bits per heavy atom. The summed E-state index contributed by atoms with van der Waals surface area (Å²) in [6, 6.07) is 5.24. The van der Waals surface area contributed by atoms with Gasteiger partial charge in [0.2, 0.25) is 0 Å². The number of nitrogens with one attached hydrogen (secondary N) is 1. The first-order valence-corrected chi connectivity index (χ1v) is 10.9. The molecule has 0 spiro atoms. The minimum Gasteiger partial charge on any atom is -0.405 e. The Kier molecular flexibility index (Phi) is 4.31. The van der Waals surface area contributed by atoms with E-state index in [9.17, 15) is 18.4 Å². The first kappa shape index (κ1) is 18.7. The predicted molar refractivity (Wildman–Crippen MR) is 109 cm³/mol. The SMILES string of the molecule is Cc1cc(-c2cc(N[S+](C)(=O)O)c3oc(=O)n(CC4CC4)c3c2)cn(C)c1=O. The van der Waals surface area contributed by atoms with Crippen molar-refractivity contribution in [3.63, 3.8) is 0 Å². The Balaban J connectivity index is 1.97. The van der Waals surface area contributed by atoms with Gasteiger partial charge in [-0.3, -0.25) is 9.36 Å². The van der Waals surface area contributed by atoms with Crippen LogP contribution in [0.3, 0.4) is 0 Å². The minimum absolute atomic E-state index is 0.0935. The van der Waals surface area contributed by atoms with Gasteiger partial charge in [-0.25, -0.2) is 4.79 Å². The molecule has 1 aliphatic rings. The molecular weight excluding hydrogens is 382 g/mol. The summed E-state index contributed by atoms with van der Waals surface area (Å²) in [4.78, 5) is 24.4. The zero-order valence-electron chi connectivity index (χ0n) is 15.9. The van der Waals surface area contributed by atoms with E-state index in [1.807, 2.05) is 6.07 Å². The van der Waals surface area contributed by atoms with E-state index in [-0.39, 0.29) is 16.8 Å². The maximum Gasteiger partial charge on any atom is 0.420 e. The van der Waals surface area contributed by atoms with Gasteiger partial charge in [-0.05, 0) is 59.2 Å². The fraction of sp³-hybridized carbons (Fsp3) is 0.368. The van der Waals surface area contributed by atoms with Gasteiger partial charge in [-0.1, -0.05) is 0 Å². The van der Waals surface area contributed by atoms with Crippen molar-refractivity contribution in [2.75, 3.05) is 11.0 Å². The highest BCUT2D eigenvalue weighted by molar-refractivity contribution is 7.98. The van der Waals surface area contributed by atoms with Crippen molar-refractivity contribution in [2.45, 2.75) is 26.3 Å². The van der Waals surface area contributed by atoms with E-state index >= 15 is 0 Å². The molecule has 1 saturated carbocycles. The zero-order chi connectivity index (χ0) is 20.2. The molecule has 1 aromatic carbocycles. The third-order valence-electron chi connectivity index (χ3n) is 4.90. The summed E-state index contributed by atoms with van der Waals surface area (Å²) >= 11 is 0. The zero-order valence-corrected chi connectivity index (χ0v) is 16.7. The average Bonchev–Trinajstić information content (AvgIpc) is 3.35. The molecule has 3 aromatic rings. The number of pyridine rings is 1. The summed E-state index contributed by atoms with van der Waals surface area (Å²) in [6.07, 6.45) is 5.00. The Morgan fingerprint density at radius 2 is 1.96 bits per heavy atom. The summed E-state index contributed by atoms with van der Waals surface area (Å²) < 4.78 is 32.8. The van der Waals surface area contributed by atoms with Crippen LogP contribution in [0.5, 0.6) is 0 Å². The molecule has 0 bridgehead atoms. The largest absolute Gasteiger partial charge is 0.420 e. The van der Waals surface area contributed by atoms with Gasteiger partial charge in [0.25, 0.3) is 5.56 Å². The molecule has 0 amide bonds. The quantitative estimate of drug-likeness (QED) is 0.636. The van der Waals surface area contributed by atoms with Crippen LogP contribution in [-0.4, -0.2) is 19.9 Å². The number of aryl methyl sites for hydroxylation is 2. The number of hydrogen-bond acceptors (Lipinski definition) is 4. The third kappa shape index (κ3) is 3.55. The fourth-order valence-electron chi connectivity index (χ4n) is 3.38. The summed E-state index contributed by atoms with van der Waals surface area (Å²) in [7, 11) is -1.66. The van der Waals surface area contributed by atoms with Gasteiger partial charge in [-0.15, -0.1) is 0 Å². The monoisotopic (exact) mass is 404 g/mol. The van der Waals surface area contributed by atoms with Gasteiger partial charge in [-0.2, -0.15) is 9.27 Å². The van der Waals surface area contributed by atoms with E-state index < -0.39 is 16.2 Å². The molecule has 8 nitrogen and oxygen atoms in total. The normalized spacial score (nSPS) is 16.3. The van der Waals surface area contributed by atoms with Gasteiger partial charge in [0.15, 0.2) is 11.8 Å². The number of hydrogen-bond donors (Lipinski definition) is 2. The van der Waals surface area contributed by atoms with Crippen LogP contribution in [0.15, 0.2) is 38.4 Å².